The van der Waals surface area contributed by atoms with E-state index in [1.54, 1.807) is 0 Å². The van der Waals surface area contributed by atoms with Crippen molar-refractivity contribution in [1.29, 1.82) is 0 Å². The van der Waals surface area contributed by atoms with Crippen LogP contribution in [0.3, 0.4) is 0 Å². The van der Waals surface area contributed by atoms with Crippen LogP contribution >= 0.6 is 0 Å². The molecule has 0 bridgehead atoms. The zero-order chi connectivity index (χ0) is 15.4. The Morgan fingerprint density at radius 2 is 2.19 bits per heavy atom. The monoisotopic (exact) mass is 292 g/mol. The third-order valence-corrected chi connectivity index (χ3v) is 2.79. The molecule has 2 aromatic rings. The number of aromatic nitrogens is 3. The average Bonchev–Trinajstić information content (AvgIpc) is 2.89. The molecule has 2 rings (SSSR count). The molecule has 110 valence electrons. The Labute approximate surface area is 119 Å². The largest absolute Gasteiger partial charge is 0.494 e. The number of carbonyl (C=O) groups is 1. The quantitative estimate of drug-likeness (QED) is 0.446. The van der Waals surface area contributed by atoms with Crippen LogP contribution in [-0.2, 0) is 11.3 Å². The van der Waals surface area contributed by atoms with Gasteiger partial charge in [0.25, 0.3) is 5.69 Å². The Hall–Kier alpha value is -2.81. The Kier molecular flexibility index (Phi) is 4.24. The van der Waals surface area contributed by atoms with Crippen LogP contribution in [0.2, 0.25) is 0 Å². The number of hydrogen-bond acceptors (Lipinski definition) is 7. The molecular formula is C12H12N4O5. The lowest BCUT2D eigenvalue weighted by molar-refractivity contribution is -0.384. The van der Waals surface area contributed by atoms with Crippen molar-refractivity contribution in [2.24, 2.45) is 0 Å². The molecule has 0 spiro atoms. The predicted octanol–water partition coefficient (Wildman–Crippen LogP) is 1.14. The highest BCUT2D eigenvalue weighted by Crippen LogP contribution is 2.28. The molecule has 0 aliphatic rings. The first-order chi connectivity index (χ1) is 10.1. The Morgan fingerprint density at radius 3 is 2.76 bits per heavy atom. The number of non-ortho nitro benzene ring substituents is 1. The topological polar surface area (TPSA) is 109 Å². The van der Waals surface area contributed by atoms with Crippen LogP contribution in [0.25, 0.3) is 5.69 Å². The number of aldehydes is 1. The summed E-state index contributed by atoms with van der Waals surface area (Å²) >= 11 is 0. The van der Waals surface area contributed by atoms with E-state index in [1.165, 1.54) is 37.1 Å². The molecule has 9 nitrogen and oxygen atoms in total. The van der Waals surface area contributed by atoms with Gasteiger partial charge in [-0.15, -0.1) is 5.10 Å². The van der Waals surface area contributed by atoms with E-state index < -0.39 is 4.92 Å². The second-order valence-corrected chi connectivity index (χ2v) is 4.00. The Balaban J connectivity index is 2.64. The number of methoxy groups -OCH3 is 2. The summed E-state index contributed by atoms with van der Waals surface area (Å²) in [6.07, 6.45) is 0.543. The van der Waals surface area contributed by atoms with Gasteiger partial charge in [0.05, 0.1) is 18.6 Å². The van der Waals surface area contributed by atoms with E-state index in [9.17, 15) is 14.9 Å². The first-order valence-corrected chi connectivity index (χ1v) is 5.83. The molecule has 1 aromatic heterocycles. The van der Waals surface area contributed by atoms with Crippen LogP contribution in [0.15, 0.2) is 18.2 Å². The third kappa shape index (κ3) is 2.72. The van der Waals surface area contributed by atoms with Gasteiger partial charge in [-0.25, -0.2) is 4.68 Å². The van der Waals surface area contributed by atoms with Crippen molar-refractivity contribution in [2.75, 3.05) is 14.2 Å². The zero-order valence-electron chi connectivity index (χ0n) is 11.3. The number of nitro benzene ring substituents is 1. The lowest BCUT2D eigenvalue weighted by Gasteiger charge is -2.10. The molecule has 21 heavy (non-hydrogen) atoms. The fourth-order valence-corrected chi connectivity index (χ4v) is 1.83. The second-order valence-electron chi connectivity index (χ2n) is 4.00. The molecule has 1 aromatic carbocycles. The van der Waals surface area contributed by atoms with E-state index in [0.29, 0.717) is 23.4 Å². The molecule has 0 saturated heterocycles. The van der Waals surface area contributed by atoms with Crippen molar-refractivity contribution in [3.63, 3.8) is 0 Å². The molecule has 0 N–H and O–H groups in total. The molecule has 0 atom stereocenters. The minimum absolute atomic E-state index is 0.0763. The molecule has 0 aliphatic heterocycles. The van der Waals surface area contributed by atoms with Gasteiger partial charge in [0, 0.05) is 19.2 Å². The Bertz CT molecular complexity index is 682. The maximum absolute atomic E-state index is 11.0. The predicted molar refractivity (Wildman–Crippen MR) is 70.7 cm³/mol. The summed E-state index contributed by atoms with van der Waals surface area (Å²) in [4.78, 5) is 21.3. The van der Waals surface area contributed by atoms with Crippen molar-refractivity contribution in [3.05, 3.63) is 39.7 Å². The van der Waals surface area contributed by atoms with Gasteiger partial charge in [-0.05, 0) is 6.07 Å². The van der Waals surface area contributed by atoms with Crippen LogP contribution in [0.1, 0.15) is 16.2 Å². The van der Waals surface area contributed by atoms with E-state index in [2.05, 4.69) is 10.3 Å². The van der Waals surface area contributed by atoms with Gasteiger partial charge >= 0.3 is 0 Å². The molecule has 0 unspecified atom stereocenters. The SMILES string of the molecule is COCc1c(C=O)nnn1-c1cc([N+](=O)[O-])ccc1OC. The first kappa shape index (κ1) is 14.6. The number of benzene rings is 1. The van der Waals surface area contributed by atoms with E-state index in [4.69, 9.17) is 9.47 Å². The fourth-order valence-electron chi connectivity index (χ4n) is 1.83. The van der Waals surface area contributed by atoms with Crippen LogP contribution in [0.4, 0.5) is 5.69 Å². The van der Waals surface area contributed by atoms with Gasteiger partial charge in [0.1, 0.15) is 17.1 Å². The standard InChI is InChI=1S/C12H12N4O5/c1-20-7-11-9(6-17)13-14-15(11)10-5-8(16(18)19)3-4-12(10)21-2/h3-6H,7H2,1-2H3. The van der Waals surface area contributed by atoms with Crippen molar-refractivity contribution in [2.45, 2.75) is 6.61 Å². The third-order valence-electron chi connectivity index (χ3n) is 2.79. The molecule has 0 amide bonds. The van der Waals surface area contributed by atoms with Crippen LogP contribution in [0.5, 0.6) is 5.75 Å². The number of carbonyl (C=O) groups excluding carboxylic acids is 1. The summed E-state index contributed by atoms with van der Waals surface area (Å²) < 4.78 is 11.5. The van der Waals surface area contributed by atoms with Crippen LogP contribution < -0.4 is 4.74 Å². The smallest absolute Gasteiger partial charge is 0.271 e. The molecule has 1 heterocycles. The Morgan fingerprint density at radius 1 is 1.43 bits per heavy atom. The average molecular weight is 292 g/mol. The minimum atomic E-state index is -0.531. The number of hydrogen-bond donors (Lipinski definition) is 0. The molecular weight excluding hydrogens is 280 g/mol. The van der Waals surface area contributed by atoms with E-state index in [-0.39, 0.29) is 18.0 Å². The van der Waals surface area contributed by atoms with E-state index in [0.717, 1.165) is 0 Å². The summed E-state index contributed by atoms with van der Waals surface area (Å²) in [6, 6.07) is 4.06. The van der Waals surface area contributed by atoms with Gasteiger partial charge in [-0.1, -0.05) is 5.21 Å². The zero-order valence-corrected chi connectivity index (χ0v) is 11.3. The maximum Gasteiger partial charge on any atom is 0.271 e. The van der Waals surface area contributed by atoms with Gasteiger partial charge in [0.15, 0.2) is 12.0 Å². The van der Waals surface area contributed by atoms with Crippen molar-refractivity contribution in [1.82, 2.24) is 15.0 Å². The second kappa shape index (κ2) is 6.09. The number of rotatable bonds is 6. The minimum Gasteiger partial charge on any atom is -0.494 e. The van der Waals surface area contributed by atoms with Crippen LogP contribution in [0, 0.1) is 10.1 Å². The van der Waals surface area contributed by atoms with E-state index in [1.807, 2.05) is 0 Å². The van der Waals surface area contributed by atoms with Gasteiger partial charge < -0.3 is 9.47 Å². The first-order valence-electron chi connectivity index (χ1n) is 5.83. The highest BCUT2D eigenvalue weighted by atomic mass is 16.6. The summed E-state index contributed by atoms with van der Waals surface area (Å²) in [5, 5.41) is 18.5. The highest BCUT2D eigenvalue weighted by molar-refractivity contribution is 5.73. The summed E-state index contributed by atoms with van der Waals surface area (Å²) in [5.41, 5.74) is 0.661. The van der Waals surface area contributed by atoms with Crippen LogP contribution in [-0.4, -0.2) is 40.4 Å². The van der Waals surface area contributed by atoms with Crippen molar-refractivity contribution in [3.8, 4) is 11.4 Å². The molecule has 0 aliphatic carbocycles. The number of ether oxygens (including phenoxy) is 2. The summed E-state index contributed by atoms with van der Waals surface area (Å²) in [5.74, 6) is 0.361. The highest BCUT2D eigenvalue weighted by Gasteiger charge is 2.19. The molecule has 0 radical (unpaired) electrons. The van der Waals surface area contributed by atoms with E-state index >= 15 is 0 Å². The fraction of sp³-hybridized carbons (Fsp3) is 0.250. The van der Waals surface area contributed by atoms with Gasteiger partial charge in [0.2, 0.25) is 0 Å². The molecule has 0 saturated carbocycles. The van der Waals surface area contributed by atoms with Gasteiger partial charge in [-0.3, -0.25) is 14.9 Å². The van der Waals surface area contributed by atoms with Crippen molar-refractivity contribution < 1.29 is 19.2 Å². The normalized spacial score (nSPS) is 10.4. The summed E-state index contributed by atoms with van der Waals surface area (Å²) in [6.45, 7) is 0.0763. The maximum atomic E-state index is 11.0. The molecule has 0 fully saturated rings. The van der Waals surface area contributed by atoms with Crippen molar-refractivity contribution >= 4 is 12.0 Å². The number of nitro groups is 1. The van der Waals surface area contributed by atoms with Gasteiger partial charge in [-0.2, -0.15) is 0 Å². The summed E-state index contributed by atoms with van der Waals surface area (Å²) in [7, 11) is 2.88. The molecule has 9 heteroatoms. The lowest BCUT2D eigenvalue weighted by Crippen LogP contribution is -2.07. The number of nitrogens with zero attached hydrogens (tertiary/aromatic N) is 4. The lowest BCUT2D eigenvalue weighted by atomic mass is 10.2.